The normalized spacial score (nSPS) is 27.8. The summed E-state index contributed by atoms with van der Waals surface area (Å²) in [6.45, 7) is 2.17. The molecule has 0 spiro atoms. The highest BCUT2D eigenvalue weighted by molar-refractivity contribution is 7.14. The van der Waals surface area contributed by atoms with Crippen LogP contribution in [0.15, 0.2) is 84.2 Å². The number of hydrogen-bond donors (Lipinski definition) is 1. The molecule has 37 heavy (non-hydrogen) atoms. The summed E-state index contributed by atoms with van der Waals surface area (Å²) in [6, 6.07) is 27.4. The molecule has 4 saturated carbocycles. The monoisotopic (exact) mass is 504 g/mol. The van der Waals surface area contributed by atoms with Gasteiger partial charge in [-0.2, -0.15) is 0 Å². The van der Waals surface area contributed by atoms with Gasteiger partial charge in [0.2, 0.25) is 0 Å². The largest absolute Gasteiger partial charge is 0.298 e. The molecule has 4 fully saturated rings. The van der Waals surface area contributed by atoms with Crippen LogP contribution in [0.1, 0.15) is 65.7 Å². The van der Waals surface area contributed by atoms with Crippen molar-refractivity contribution < 1.29 is 4.79 Å². The minimum Gasteiger partial charge on any atom is -0.298 e. The number of nitrogens with one attached hydrogen (secondary N) is 1. The van der Waals surface area contributed by atoms with E-state index in [1.807, 2.05) is 42.5 Å². The molecule has 0 saturated heterocycles. The molecule has 8 rings (SSSR count). The summed E-state index contributed by atoms with van der Waals surface area (Å²) in [5.41, 5.74) is 7.41. The third-order valence-corrected chi connectivity index (χ3v) is 10.0. The Morgan fingerprint density at radius 1 is 0.838 bits per heavy atom. The van der Waals surface area contributed by atoms with Gasteiger partial charge in [-0.15, -0.1) is 11.3 Å². The summed E-state index contributed by atoms with van der Waals surface area (Å²) in [4.78, 5) is 18.1. The standard InChI is InChI=1S/C33H32N2OS/c1-22-7-13-28(14-8-22)32-16-23-15-24(17-32)19-33(18-23,21-32)29-20-37-31(34-29)35-30(36)27-11-9-26(10-12-27)25-5-3-2-4-6-25/h2-14,20,23-24H,15-19,21H2,1H3,(H,34,35,36)/t23-,24+,32?,33?. The maximum absolute atomic E-state index is 13.0. The fourth-order valence-electron chi connectivity index (χ4n) is 8.00. The van der Waals surface area contributed by atoms with Gasteiger partial charge in [-0.25, -0.2) is 4.98 Å². The third-order valence-electron chi connectivity index (χ3n) is 9.25. The van der Waals surface area contributed by atoms with Gasteiger partial charge in [0.1, 0.15) is 0 Å². The zero-order valence-electron chi connectivity index (χ0n) is 21.2. The van der Waals surface area contributed by atoms with E-state index < -0.39 is 0 Å². The number of carbonyl (C=O) groups is 1. The first-order chi connectivity index (χ1) is 18.0. The van der Waals surface area contributed by atoms with Crippen molar-refractivity contribution in [2.45, 2.75) is 56.3 Å². The van der Waals surface area contributed by atoms with Crippen molar-refractivity contribution in [1.29, 1.82) is 0 Å². The van der Waals surface area contributed by atoms with E-state index in [1.165, 1.54) is 55.3 Å². The molecule has 1 heterocycles. The molecule has 4 bridgehead atoms. The lowest BCUT2D eigenvalue weighted by atomic mass is 9.42. The van der Waals surface area contributed by atoms with Crippen LogP contribution >= 0.6 is 11.3 Å². The summed E-state index contributed by atoms with van der Waals surface area (Å²) in [6.07, 6.45) is 7.70. The second-order valence-electron chi connectivity index (χ2n) is 11.8. The van der Waals surface area contributed by atoms with Crippen LogP contribution in [-0.2, 0) is 10.8 Å². The van der Waals surface area contributed by atoms with Crippen LogP contribution in [0.25, 0.3) is 11.1 Å². The summed E-state index contributed by atoms with van der Waals surface area (Å²) >= 11 is 1.58. The Kier molecular flexibility index (Phi) is 5.37. The Labute approximate surface area is 223 Å². The van der Waals surface area contributed by atoms with Crippen molar-refractivity contribution in [2.24, 2.45) is 11.8 Å². The Bertz CT molecular complexity index is 1420. The highest BCUT2D eigenvalue weighted by atomic mass is 32.1. The van der Waals surface area contributed by atoms with E-state index in [0.717, 1.165) is 23.0 Å². The van der Waals surface area contributed by atoms with E-state index in [9.17, 15) is 4.79 Å². The van der Waals surface area contributed by atoms with E-state index in [1.54, 1.807) is 11.3 Å². The van der Waals surface area contributed by atoms with Crippen molar-refractivity contribution in [3.8, 4) is 11.1 Å². The Morgan fingerprint density at radius 2 is 1.49 bits per heavy atom. The molecule has 4 aliphatic carbocycles. The summed E-state index contributed by atoms with van der Waals surface area (Å²) in [5, 5.41) is 6.03. The van der Waals surface area contributed by atoms with Gasteiger partial charge in [-0.05, 0) is 91.5 Å². The van der Waals surface area contributed by atoms with Crippen molar-refractivity contribution in [2.75, 3.05) is 5.32 Å². The van der Waals surface area contributed by atoms with Gasteiger partial charge in [-0.3, -0.25) is 10.1 Å². The van der Waals surface area contributed by atoms with Crippen molar-refractivity contribution in [3.63, 3.8) is 0 Å². The number of anilines is 1. The number of thiazole rings is 1. The fourth-order valence-corrected chi connectivity index (χ4v) is 8.82. The number of nitrogens with zero attached hydrogens (tertiary/aromatic N) is 1. The topological polar surface area (TPSA) is 42.0 Å². The number of rotatable bonds is 5. The SMILES string of the molecule is Cc1ccc(C23C[C@H]4C[C@@H](C2)CC(c2csc(NC(=O)c5ccc(-c6ccccc6)cc5)n2)(C4)C3)cc1. The number of aromatic nitrogens is 1. The number of aryl methyl sites for hydroxylation is 1. The Hall–Kier alpha value is -3.24. The molecule has 186 valence electrons. The van der Waals surface area contributed by atoms with E-state index in [0.29, 0.717) is 10.7 Å². The molecule has 1 N–H and O–H groups in total. The van der Waals surface area contributed by atoms with Gasteiger partial charge in [0.15, 0.2) is 5.13 Å². The predicted molar refractivity (Wildman–Crippen MR) is 151 cm³/mol. The van der Waals surface area contributed by atoms with E-state index in [2.05, 4.69) is 54.0 Å². The molecular formula is C33H32N2OS. The van der Waals surface area contributed by atoms with Crippen LogP contribution in [-0.4, -0.2) is 10.9 Å². The van der Waals surface area contributed by atoms with Crippen LogP contribution < -0.4 is 5.32 Å². The summed E-state index contributed by atoms with van der Waals surface area (Å²) in [7, 11) is 0. The minimum absolute atomic E-state index is 0.0952. The van der Waals surface area contributed by atoms with Gasteiger partial charge in [-0.1, -0.05) is 72.3 Å². The quantitative estimate of drug-likeness (QED) is 0.298. The Balaban J connectivity index is 1.11. The van der Waals surface area contributed by atoms with Crippen molar-refractivity contribution in [3.05, 3.63) is 107 Å². The number of hydrogen-bond acceptors (Lipinski definition) is 3. The number of carbonyl (C=O) groups excluding carboxylic acids is 1. The molecule has 1 aromatic heterocycles. The average molecular weight is 505 g/mol. The van der Waals surface area contributed by atoms with Crippen LogP contribution in [0.2, 0.25) is 0 Å². The molecule has 4 aliphatic rings. The van der Waals surface area contributed by atoms with Gasteiger partial charge >= 0.3 is 0 Å². The number of benzene rings is 3. The van der Waals surface area contributed by atoms with E-state index in [-0.39, 0.29) is 16.7 Å². The summed E-state index contributed by atoms with van der Waals surface area (Å²) in [5.74, 6) is 1.47. The first-order valence-corrected chi connectivity index (χ1v) is 14.4. The highest BCUT2D eigenvalue weighted by Crippen LogP contribution is 2.66. The molecule has 0 radical (unpaired) electrons. The lowest BCUT2D eigenvalue weighted by molar-refractivity contribution is -0.0296. The molecule has 4 heteroatoms. The van der Waals surface area contributed by atoms with Gasteiger partial charge in [0.25, 0.3) is 5.91 Å². The van der Waals surface area contributed by atoms with Crippen LogP contribution in [0.5, 0.6) is 0 Å². The first kappa shape index (κ1) is 22.9. The number of amides is 1. The zero-order chi connectivity index (χ0) is 25.0. The van der Waals surface area contributed by atoms with Crippen LogP contribution in [0.4, 0.5) is 5.13 Å². The second-order valence-corrected chi connectivity index (χ2v) is 12.7. The molecule has 3 nitrogen and oxygen atoms in total. The summed E-state index contributed by atoms with van der Waals surface area (Å²) < 4.78 is 0. The molecule has 1 amide bonds. The third kappa shape index (κ3) is 4.02. The lowest BCUT2D eigenvalue weighted by Gasteiger charge is -2.62. The second kappa shape index (κ2) is 8.66. The van der Waals surface area contributed by atoms with Gasteiger partial charge in [0.05, 0.1) is 5.69 Å². The first-order valence-electron chi connectivity index (χ1n) is 13.5. The molecule has 2 unspecified atom stereocenters. The molecule has 4 aromatic rings. The smallest absolute Gasteiger partial charge is 0.257 e. The molecule has 3 aromatic carbocycles. The van der Waals surface area contributed by atoms with Crippen molar-refractivity contribution in [1.82, 2.24) is 4.98 Å². The van der Waals surface area contributed by atoms with Crippen molar-refractivity contribution >= 4 is 22.4 Å². The highest BCUT2D eigenvalue weighted by Gasteiger charge is 2.59. The van der Waals surface area contributed by atoms with Gasteiger partial charge < -0.3 is 0 Å². The maximum Gasteiger partial charge on any atom is 0.257 e. The van der Waals surface area contributed by atoms with Crippen LogP contribution in [0.3, 0.4) is 0 Å². The van der Waals surface area contributed by atoms with Crippen LogP contribution in [0, 0.1) is 18.8 Å². The minimum atomic E-state index is -0.0952. The maximum atomic E-state index is 13.0. The average Bonchev–Trinajstić information content (AvgIpc) is 3.38. The van der Waals surface area contributed by atoms with E-state index >= 15 is 0 Å². The van der Waals surface area contributed by atoms with Gasteiger partial charge in [0, 0.05) is 16.4 Å². The lowest BCUT2D eigenvalue weighted by Crippen LogP contribution is -2.56. The Morgan fingerprint density at radius 3 is 2.19 bits per heavy atom. The molecule has 0 aliphatic heterocycles. The predicted octanol–water partition coefficient (Wildman–Crippen LogP) is 8.16. The zero-order valence-corrected chi connectivity index (χ0v) is 22.1. The van der Waals surface area contributed by atoms with E-state index in [4.69, 9.17) is 4.98 Å². The molecule has 4 atom stereocenters. The molecular weight excluding hydrogens is 472 g/mol. The fraction of sp³-hybridized carbons (Fsp3) is 0.333.